The maximum absolute atomic E-state index is 6.20. The maximum atomic E-state index is 6.20. The highest BCUT2D eigenvalue weighted by Gasteiger charge is 2.43. The third kappa shape index (κ3) is 6.37. The van der Waals surface area contributed by atoms with E-state index >= 15 is 0 Å². The SMILES string of the molecule is CO[Si](CCC[Si]1(C)O[Si](C)O[Si](C)O[Si](C)O1)(OC)OC. The van der Waals surface area contributed by atoms with Gasteiger partial charge >= 0.3 is 45.2 Å². The van der Waals surface area contributed by atoms with E-state index in [1.807, 2.05) is 19.6 Å². The molecule has 0 aromatic heterocycles. The van der Waals surface area contributed by atoms with Gasteiger partial charge in [0.1, 0.15) is 0 Å². The second kappa shape index (κ2) is 9.33. The fraction of sp³-hybridized carbons (Fsp3) is 1.00. The van der Waals surface area contributed by atoms with Crippen molar-refractivity contribution >= 4 is 45.2 Å². The first-order valence-corrected chi connectivity index (χ1v) is 17.1. The van der Waals surface area contributed by atoms with Gasteiger partial charge in [0, 0.05) is 27.4 Å². The van der Waals surface area contributed by atoms with E-state index in [4.69, 9.17) is 29.7 Å². The Kier molecular flexibility index (Phi) is 8.84. The molecule has 1 aliphatic rings. The molecule has 12 heteroatoms. The smallest absolute Gasteiger partial charge is 0.415 e. The molecule has 1 aliphatic heterocycles. The van der Waals surface area contributed by atoms with Crippen molar-refractivity contribution in [3.63, 3.8) is 0 Å². The molecule has 0 bridgehead atoms. The van der Waals surface area contributed by atoms with Gasteiger partial charge < -0.3 is 29.7 Å². The summed E-state index contributed by atoms with van der Waals surface area (Å²) in [5, 5.41) is 0. The van der Waals surface area contributed by atoms with Crippen molar-refractivity contribution in [1.29, 1.82) is 0 Å². The third-order valence-corrected chi connectivity index (χ3v) is 17.8. The molecule has 0 aromatic carbocycles. The van der Waals surface area contributed by atoms with Crippen LogP contribution < -0.4 is 0 Å². The molecule has 1 heterocycles. The number of hydrogen-bond donors (Lipinski definition) is 0. The lowest BCUT2D eigenvalue weighted by molar-refractivity contribution is 0.123. The predicted molar refractivity (Wildman–Crippen MR) is 91.8 cm³/mol. The van der Waals surface area contributed by atoms with Crippen LogP contribution in [-0.2, 0) is 29.7 Å². The molecule has 3 radical (unpaired) electrons. The first kappa shape index (κ1) is 20.8. The van der Waals surface area contributed by atoms with Crippen LogP contribution in [0.2, 0.25) is 38.3 Å². The molecule has 0 spiro atoms. The molecular formula is C10H27O7Si5. The summed E-state index contributed by atoms with van der Waals surface area (Å²) in [6.07, 6.45) is 0.874. The fourth-order valence-corrected chi connectivity index (χ4v) is 16.4. The molecule has 0 N–H and O–H groups in total. The van der Waals surface area contributed by atoms with Gasteiger partial charge in [-0.1, -0.05) is 0 Å². The highest BCUT2D eigenvalue weighted by atomic mass is 28.5. The number of hydrogen-bond acceptors (Lipinski definition) is 7. The average molecular weight is 400 g/mol. The Morgan fingerprint density at radius 3 is 1.73 bits per heavy atom. The summed E-state index contributed by atoms with van der Waals surface area (Å²) in [5.41, 5.74) is 0. The zero-order valence-corrected chi connectivity index (χ0v) is 19.5. The lowest BCUT2D eigenvalue weighted by atomic mass is 10.6. The molecule has 0 unspecified atom stereocenters. The summed E-state index contributed by atoms with van der Waals surface area (Å²) < 4.78 is 40.4. The van der Waals surface area contributed by atoms with E-state index in [0.717, 1.165) is 18.5 Å². The van der Waals surface area contributed by atoms with Gasteiger partial charge in [0.25, 0.3) is 0 Å². The summed E-state index contributed by atoms with van der Waals surface area (Å²) in [7, 11) is -3.82. The molecule has 1 fully saturated rings. The van der Waals surface area contributed by atoms with Crippen LogP contribution in [-0.4, -0.2) is 66.5 Å². The minimum absolute atomic E-state index is 0.744. The minimum atomic E-state index is -2.53. The highest BCUT2D eigenvalue weighted by Crippen LogP contribution is 2.25. The molecule has 0 aromatic rings. The van der Waals surface area contributed by atoms with Crippen LogP contribution in [0.15, 0.2) is 0 Å². The van der Waals surface area contributed by atoms with Crippen LogP contribution in [0.3, 0.4) is 0 Å². The molecule has 1 rings (SSSR count). The first-order valence-electron chi connectivity index (χ1n) is 7.18. The fourth-order valence-electron chi connectivity index (χ4n) is 2.38. The Labute approximate surface area is 141 Å². The van der Waals surface area contributed by atoms with Crippen molar-refractivity contribution in [2.45, 2.75) is 44.7 Å². The Morgan fingerprint density at radius 2 is 1.32 bits per heavy atom. The van der Waals surface area contributed by atoms with E-state index in [1.54, 1.807) is 21.3 Å². The molecule has 129 valence electrons. The lowest BCUT2D eigenvalue weighted by Crippen LogP contribution is -2.53. The van der Waals surface area contributed by atoms with Crippen LogP contribution in [0.5, 0.6) is 0 Å². The monoisotopic (exact) mass is 399 g/mol. The first-order chi connectivity index (χ1) is 10.3. The van der Waals surface area contributed by atoms with Gasteiger partial charge in [-0.3, -0.25) is 0 Å². The van der Waals surface area contributed by atoms with Crippen molar-refractivity contribution < 1.29 is 29.7 Å². The van der Waals surface area contributed by atoms with Crippen molar-refractivity contribution in [2.24, 2.45) is 0 Å². The maximum Gasteiger partial charge on any atom is 0.500 e. The topological polar surface area (TPSA) is 64.6 Å². The second-order valence-corrected chi connectivity index (χ2v) is 17.2. The van der Waals surface area contributed by atoms with Crippen LogP contribution in [0.1, 0.15) is 6.42 Å². The quantitative estimate of drug-likeness (QED) is 0.604. The Morgan fingerprint density at radius 1 is 0.864 bits per heavy atom. The molecule has 22 heavy (non-hydrogen) atoms. The van der Waals surface area contributed by atoms with E-state index in [-0.39, 0.29) is 0 Å². The van der Waals surface area contributed by atoms with Gasteiger partial charge in [-0.25, -0.2) is 0 Å². The predicted octanol–water partition coefficient (Wildman–Crippen LogP) is 1.76. The zero-order valence-electron chi connectivity index (χ0n) is 14.5. The van der Waals surface area contributed by atoms with Crippen molar-refractivity contribution in [1.82, 2.24) is 0 Å². The Hall–Kier alpha value is 0.804. The van der Waals surface area contributed by atoms with Gasteiger partial charge in [-0.2, -0.15) is 0 Å². The molecule has 0 atom stereocenters. The van der Waals surface area contributed by atoms with Crippen LogP contribution in [0.4, 0.5) is 0 Å². The summed E-state index contributed by atoms with van der Waals surface area (Å²) in [6, 6.07) is 1.59. The summed E-state index contributed by atoms with van der Waals surface area (Å²) >= 11 is 0. The molecule has 0 amide bonds. The Balaban J connectivity index is 2.60. The average Bonchev–Trinajstić information content (AvgIpc) is 2.42. The minimum Gasteiger partial charge on any atom is -0.415 e. The second-order valence-electron chi connectivity index (χ2n) is 5.17. The largest absolute Gasteiger partial charge is 0.500 e. The van der Waals surface area contributed by atoms with Crippen molar-refractivity contribution in [3.05, 3.63) is 0 Å². The van der Waals surface area contributed by atoms with E-state index in [2.05, 4.69) is 6.55 Å². The van der Waals surface area contributed by atoms with Gasteiger partial charge in [-0.15, -0.1) is 0 Å². The standard InChI is InChI=1S/C10H27O7Si5/c1-11-22(12-2,13-3)10-8-9-21(7)16-19(5)14-18(4)15-20(6)17-21/h8-10H2,1-7H3. The van der Waals surface area contributed by atoms with Crippen LogP contribution in [0.25, 0.3) is 0 Å². The molecule has 0 saturated carbocycles. The number of rotatable bonds is 7. The van der Waals surface area contributed by atoms with Gasteiger partial charge in [0.2, 0.25) is 0 Å². The van der Waals surface area contributed by atoms with Gasteiger partial charge in [-0.05, 0) is 38.7 Å². The van der Waals surface area contributed by atoms with Crippen LogP contribution >= 0.6 is 0 Å². The van der Waals surface area contributed by atoms with E-state index in [9.17, 15) is 0 Å². The molecule has 1 saturated heterocycles. The van der Waals surface area contributed by atoms with Crippen molar-refractivity contribution in [3.8, 4) is 0 Å². The Bertz CT molecular complexity index is 311. The van der Waals surface area contributed by atoms with E-state index < -0.39 is 45.2 Å². The molecule has 7 nitrogen and oxygen atoms in total. The summed E-state index contributed by atoms with van der Waals surface area (Å²) in [5.74, 6) is 0. The molecular weight excluding hydrogens is 373 g/mol. The van der Waals surface area contributed by atoms with E-state index in [0.29, 0.717) is 0 Å². The summed E-state index contributed by atoms with van der Waals surface area (Å²) in [6.45, 7) is 8.08. The zero-order chi connectivity index (χ0) is 16.8. The van der Waals surface area contributed by atoms with Crippen LogP contribution in [0, 0.1) is 0 Å². The highest BCUT2D eigenvalue weighted by molar-refractivity contribution is 6.81. The third-order valence-electron chi connectivity index (χ3n) is 3.34. The van der Waals surface area contributed by atoms with Crippen molar-refractivity contribution in [2.75, 3.05) is 21.3 Å². The van der Waals surface area contributed by atoms with Gasteiger partial charge in [0.05, 0.1) is 0 Å². The molecule has 0 aliphatic carbocycles. The lowest BCUT2D eigenvalue weighted by Gasteiger charge is -2.36. The summed E-state index contributed by atoms with van der Waals surface area (Å²) in [4.78, 5) is 0. The van der Waals surface area contributed by atoms with E-state index in [1.165, 1.54) is 0 Å². The normalized spacial score (nSPS) is 22.5. The van der Waals surface area contributed by atoms with Gasteiger partial charge in [0.15, 0.2) is 0 Å².